The van der Waals surface area contributed by atoms with E-state index in [1.165, 1.54) is 24.8 Å². The van der Waals surface area contributed by atoms with Gasteiger partial charge in [-0.15, -0.1) is 0 Å². The van der Waals surface area contributed by atoms with Crippen LogP contribution in [0.5, 0.6) is 0 Å². The summed E-state index contributed by atoms with van der Waals surface area (Å²) in [6.45, 7) is 3.54. The summed E-state index contributed by atoms with van der Waals surface area (Å²) in [5, 5.41) is 0. The Balaban J connectivity index is 1.62. The van der Waals surface area contributed by atoms with Gasteiger partial charge in [0.05, 0.1) is 4.90 Å². The zero-order chi connectivity index (χ0) is 17.7. The van der Waals surface area contributed by atoms with Gasteiger partial charge in [0.25, 0.3) is 0 Å². The number of hydrogen-bond donors (Lipinski definition) is 1. The molecule has 6 heteroatoms. The van der Waals surface area contributed by atoms with Gasteiger partial charge in [0.1, 0.15) is 0 Å². The molecule has 0 bridgehead atoms. The molecule has 2 aromatic carbocycles. The second-order valence-electron chi connectivity index (χ2n) is 6.44. The largest absolute Gasteiger partial charge is 0.299 e. The zero-order valence-electron chi connectivity index (χ0n) is 14.1. The molecule has 0 radical (unpaired) electrons. The highest BCUT2D eigenvalue weighted by Gasteiger charge is 2.14. The summed E-state index contributed by atoms with van der Waals surface area (Å²) in [7, 11) is -3.50. The maximum Gasteiger partial charge on any atom is 0.240 e. The zero-order valence-corrected chi connectivity index (χ0v) is 16.5. The summed E-state index contributed by atoms with van der Waals surface area (Å²) in [5.74, 6) is 0. The third kappa shape index (κ3) is 5.38. The number of benzene rings is 2. The summed E-state index contributed by atoms with van der Waals surface area (Å²) in [5.41, 5.74) is 2.22. The van der Waals surface area contributed by atoms with Gasteiger partial charge in [-0.05, 0) is 61.3 Å². The van der Waals surface area contributed by atoms with E-state index in [-0.39, 0.29) is 4.90 Å². The van der Waals surface area contributed by atoms with Gasteiger partial charge in [0.2, 0.25) is 10.0 Å². The molecule has 0 spiro atoms. The molecule has 134 valence electrons. The molecule has 25 heavy (non-hydrogen) atoms. The van der Waals surface area contributed by atoms with Crippen LogP contribution in [0, 0.1) is 0 Å². The van der Waals surface area contributed by atoms with Crippen LogP contribution >= 0.6 is 15.9 Å². The molecule has 0 unspecified atom stereocenters. The number of sulfonamides is 1. The maximum atomic E-state index is 12.4. The van der Waals surface area contributed by atoms with Gasteiger partial charge in [0, 0.05) is 17.6 Å². The minimum absolute atomic E-state index is 0.278. The monoisotopic (exact) mass is 422 g/mol. The third-order valence-corrected chi connectivity index (χ3v) is 6.38. The van der Waals surface area contributed by atoms with E-state index >= 15 is 0 Å². The van der Waals surface area contributed by atoms with Crippen LogP contribution in [0.25, 0.3) is 0 Å². The smallest absolute Gasteiger partial charge is 0.240 e. The van der Waals surface area contributed by atoms with E-state index in [9.17, 15) is 8.42 Å². The lowest BCUT2D eigenvalue weighted by Gasteiger charge is -2.26. The number of likely N-dealkylation sites (tertiary alicyclic amines) is 1. The average Bonchev–Trinajstić information content (AvgIpc) is 2.62. The van der Waals surface area contributed by atoms with E-state index in [1.54, 1.807) is 24.3 Å². The maximum absolute atomic E-state index is 12.4. The molecule has 1 aliphatic rings. The van der Waals surface area contributed by atoms with Gasteiger partial charge >= 0.3 is 0 Å². The van der Waals surface area contributed by atoms with Crippen LogP contribution in [0.15, 0.2) is 57.9 Å². The van der Waals surface area contributed by atoms with Crippen molar-refractivity contribution < 1.29 is 8.42 Å². The Hall–Kier alpha value is -1.21. The summed E-state index contributed by atoms with van der Waals surface area (Å²) in [4.78, 5) is 2.74. The fraction of sp³-hybridized carbons (Fsp3) is 0.368. The normalized spacial score (nSPS) is 16.0. The molecule has 0 aromatic heterocycles. The quantitative estimate of drug-likeness (QED) is 0.767. The van der Waals surface area contributed by atoms with Crippen molar-refractivity contribution in [2.45, 2.75) is 37.2 Å². The summed E-state index contributed by atoms with van der Waals surface area (Å²) in [6, 6.07) is 14.8. The summed E-state index contributed by atoms with van der Waals surface area (Å²) in [6.07, 6.45) is 3.87. The van der Waals surface area contributed by atoms with E-state index in [1.807, 2.05) is 12.1 Å². The minimum atomic E-state index is -3.50. The van der Waals surface area contributed by atoms with Crippen molar-refractivity contribution in [2.75, 3.05) is 13.1 Å². The molecular weight excluding hydrogens is 400 g/mol. The van der Waals surface area contributed by atoms with Crippen molar-refractivity contribution in [3.63, 3.8) is 0 Å². The number of nitrogens with zero attached hydrogens (tertiary/aromatic N) is 1. The lowest BCUT2D eigenvalue weighted by molar-refractivity contribution is 0.221. The van der Waals surface area contributed by atoms with Crippen molar-refractivity contribution in [3.8, 4) is 0 Å². The van der Waals surface area contributed by atoms with Crippen molar-refractivity contribution in [2.24, 2.45) is 0 Å². The van der Waals surface area contributed by atoms with E-state index in [4.69, 9.17) is 0 Å². The average molecular weight is 423 g/mol. The Labute approximate surface area is 158 Å². The molecule has 3 rings (SSSR count). The first-order valence-corrected chi connectivity index (χ1v) is 10.9. The topological polar surface area (TPSA) is 49.4 Å². The predicted octanol–water partition coefficient (Wildman–Crippen LogP) is 3.91. The Morgan fingerprint density at radius 1 is 0.960 bits per heavy atom. The minimum Gasteiger partial charge on any atom is -0.299 e. The Bertz CT molecular complexity index is 800. The molecule has 1 saturated heterocycles. The Morgan fingerprint density at radius 2 is 1.64 bits per heavy atom. The highest BCUT2D eigenvalue weighted by Crippen LogP contribution is 2.16. The molecule has 0 aliphatic carbocycles. The highest BCUT2D eigenvalue weighted by molar-refractivity contribution is 9.10. The van der Waals surface area contributed by atoms with Gasteiger partial charge in [0.15, 0.2) is 0 Å². The first kappa shape index (κ1) is 18.6. The molecule has 1 aliphatic heterocycles. The van der Waals surface area contributed by atoms with Gasteiger partial charge < -0.3 is 0 Å². The van der Waals surface area contributed by atoms with E-state index in [0.717, 1.165) is 29.7 Å². The fourth-order valence-corrected chi connectivity index (χ4v) is 4.37. The first-order valence-electron chi connectivity index (χ1n) is 8.58. The van der Waals surface area contributed by atoms with Crippen molar-refractivity contribution in [1.82, 2.24) is 9.62 Å². The lowest BCUT2D eigenvalue weighted by atomic mass is 10.1. The predicted molar refractivity (Wildman–Crippen MR) is 104 cm³/mol. The van der Waals surface area contributed by atoms with Crippen LogP contribution in [0.2, 0.25) is 0 Å². The van der Waals surface area contributed by atoms with Gasteiger partial charge in [-0.2, -0.15) is 0 Å². The number of piperidine rings is 1. The van der Waals surface area contributed by atoms with Gasteiger partial charge in [-0.1, -0.05) is 46.6 Å². The molecule has 1 N–H and O–H groups in total. The van der Waals surface area contributed by atoms with Crippen LogP contribution in [0.3, 0.4) is 0 Å². The molecule has 1 heterocycles. The van der Waals surface area contributed by atoms with Crippen LogP contribution in [-0.2, 0) is 23.1 Å². The van der Waals surface area contributed by atoms with E-state index < -0.39 is 10.0 Å². The van der Waals surface area contributed by atoms with Gasteiger partial charge in [-0.3, -0.25) is 4.90 Å². The molecule has 0 saturated carbocycles. The molecule has 2 aromatic rings. The molecule has 4 nitrogen and oxygen atoms in total. The van der Waals surface area contributed by atoms with Crippen LogP contribution in [0.4, 0.5) is 0 Å². The third-order valence-electron chi connectivity index (χ3n) is 4.44. The SMILES string of the molecule is O=S(=O)(NCc1cccc(CN2CCCCC2)c1)c1ccc(Br)cc1. The highest BCUT2D eigenvalue weighted by atomic mass is 79.9. The Morgan fingerprint density at radius 3 is 2.36 bits per heavy atom. The van der Waals surface area contributed by atoms with Crippen LogP contribution < -0.4 is 4.72 Å². The molecule has 1 fully saturated rings. The molecular formula is C19H23BrN2O2S. The molecule has 0 amide bonds. The van der Waals surface area contributed by atoms with Crippen molar-refractivity contribution in [1.29, 1.82) is 0 Å². The first-order chi connectivity index (χ1) is 12.0. The van der Waals surface area contributed by atoms with Crippen molar-refractivity contribution in [3.05, 3.63) is 64.1 Å². The number of nitrogens with one attached hydrogen (secondary N) is 1. The second-order valence-corrected chi connectivity index (χ2v) is 9.12. The standard InChI is InChI=1S/C19H23BrN2O2S/c20-18-7-9-19(10-8-18)25(23,24)21-14-16-5-4-6-17(13-16)15-22-11-2-1-3-12-22/h4-10,13,21H,1-3,11-12,14-15H2. The van der Waals surface area contributed by atoms with Crippen LogP contribution in [-0.4, -0.2) is 26.4 Å². The summed E-state index contributed by atoms with van der Waals surface area (Å²) >= 11 is 3.32. The van der Waals surface area contributed by atoms with Crippen molar-refractivity contribution >= 4 is 26.0 Å². The fourth-order valence-electron chi connectivity index (χ4n) is 3.09. The number of rotatable bonds is 6. The van der Waals surface area contributed by atoms with Crippen LogP contribution in [0.1, 0.15) is 30.4 Å². The van der Waals surface area contributed by atoms with E-state index in [2.05, 4.69) is 37.7 Å². The van der Waals surface area contributed by atoms with E-state index in [0.29, 0.717) is 6.54 Å². The number of halogens is 1. The van der Waals surface area contributed by atoms with Gasteiger partial charge in [-0.25, -0.2) is 13.1 Å². The second kappa shape index (κ2) is 8.45. The Kier molecular flexibility index (Phi) is 6.28. The summed E-state index contributed by atoms with van der Waals surface area (Å²) < 4.78 is 28.3. The lowest BCUT2D eigenvalue weighted by Crippen LogP contribution is -2.29. The number of hydrogen-bond acceptors (Lipinski definition) is 3. The molecule has 0 atom stereocenters.